The van der Waals surface area contributed by atoms with Gasteiger partial charge in [0, 0.05) is 18.2 Å². The Hall–Kier alpha value is -3.10. The molecule has 0 aromatic heterocycles. The first-order chi connectivity index (χ1) is 13.1. The van der Waals surface area contributed by atoms with E-state index in [0.717, 1.165) is 0 Å². The number of ether oxygens (including phenoxy) is 1. The fourth-order valence-corrected chi connectivity index (χ4v) is 2.91. The summed E-state index contributed by atoms with van der Waals surface area (Å²) in [6.45, 7) is 4.91. The highest BCUT2D eigenvalue weighted by Crippen LogP contribution is 2.18. The molecule has 2 atom stereocenters. The van der Waals surface area contributed by atoms with Crippen molar-refractivity contribution in [2.45, 2.75) is 44.9 Å². The van der Waals surface area contributed by atoms with E-state index in [0.29, 0.717) is 5.56 Å². The van der Waals surface area contributed by atoms with Crippen molar-refractivity contribution in [3.63, 3.8) is 0 Å². The average Bonchev–Trinajstić information content (AvgIpc) is 3.03. The van der Waals surface area contributed by atoms with E-state index in [1.54, 1.807) is 51.1 Å². The Balaban J connectivity index is 1.95. The lowest BCUT2D eigenvalue weighted by atomic mass is 10.1. The quantitative estimate of drug-likeness (QED) is 0.670. The Morgan fingerprint density at radius 1 is 1.18 bits per heavy atom. The summed E-state index contributed by atoms with van der Waals surface area (Å²) in [6.07, 6.45) is -0.517. The lowest BCUT2D eigenvalue weighted by Crippen LogP contribution is -2.48. The minimum atomic E-state index is -0.853. The van der Waals surface area contributed by atoms with E-state index in [1.807, 2.05) is 0 Å². The van der Waals surface area contributed by atoms with Gasteiger partial charge >= 0.3 is 6.09 Å². The highest BCUT2D eigenvalue weighted by atomic mass is 16.6. The van der Waals surface area contributed by atoms with Gasteiger partial charge in [0.25, 0.3) is 5.91 Å². The first kappa shape index (κ1) is 21.2. The van der Waals surface area contributed by atoms with Gasteiger partial charge in [-0.3, -0.25) is 14.4 Å². The number of primary amides is 1. The van der Waals surface area contributed by atoms with Crippen LogP contribution in [0.3, 0.4) is 0 Å². The van der Waals surface area contributed by atoms with Crippen molar-refractivity contribution in [2.75, 3.05) is 13.1 Å². The van der Waals surface area contributed by atoms with Crippen LogP contribution in [0.2, 0.25) is 0 Å². The minimum Gasteiger partial charge on any atom is -0.444 e. The smallest absolute Gasteiger partial charge is 0.408 e. The molecule has 1 heterocycles. The second-order valence-corrected chi connectivity index (χ2v) is 7.59. The highest BCUT2D eigenvalue weighted by molar-refractivity contribution is 5.95. The molecule has 4 amide bonds. The van der Waals surface area contributed by atoms with Crippen LogP contribution in [0, 0.1) is 0 Å². The number of amides is 4. The molecule has 9 heteroatoms. The number of alkyl carbamates (subject to hydrolysis) is 1. The van der Waals surface area contributed by atoms with Gasteiger partial charge in [0.15, 0.2) is 0 Å². The second-order valence-electron chi connectivity index (χ2n) is 7.59. The third-order valence-electron chi connectivity index (χ3n) is 4.10. The number of hydrogen-bond acceptors (Lipinski definition) is 5. The number of rotatable bonds is 5. The van der Waals surface area contributed by atoms with E-state index in [9.17, 15) is 19.2 Å². The molecule has 1 aromatic carbocycles. The van der Waals surface area contributed by atoms with Gasteiger partial charge < -0.3 is 26.0 Å². The number of carbonyl (C=O) groups excluding carboxylic acids is 4. The van der Waals surface area contributed by atoms with Gasteiger partial charge in [-0.15, -0.1) is 0 Å². The first-order valence-corrected chi connectivity index (χ1v) is 8.98. The summed E-state index contributed by atoms with van der Waals surface area (Å²) in [5.41, 5.74) is 5.20. The summed E-state index contributed by atoms with van der Waals surface area (Å²) < 4.78 is 5.08. The van der Waals surface area contributed by atoms with Gasteiger partial charge in [-0.05, 0) is 39.3 Å². The van der Waals surface area contributed by atoms with Crippen LogP contribution in [-0.2, 0) is 14.3 Å². The lowest BCUT2D eigenvalue weighted by molar-refractivity contribution is -0.136. The van der Waals surface area contributed by atoms with Crippen LogP contribution >= 0.6 is 0 Å². The highest BCUT2D eigenvalue weighted by Gasteiger charge is 2.39. The van der Waals surface area contributed by atoms with E-state index in [2.05, 4.69) is 10.6 Å². The molecule has 1 aliphatic heterocycles. The molecule has 28 heavy (non-hydrogen) atoms. The maximum Gasteiger partial charge on any atom is 0.408 e. The molecule has 0 aliphatic carbocycles. The van der Waals surface area contributed by atoms with E-state index in [4.69, 9.17) is 10.5 Å². The summed E-state index contributed by atoms with van der Waals surface area (Å²) in [7, 11) is 0. The third-order valence-corrected chi connectivity index (χ3v) is 4.10. The topological polar surface area (TPSA) is 131 Å². The van der Waals surface area contributed by atoms with Crippen molar-refractivity contribution >= 4 is 23.8 Å². The summed E-state index contributed by atoms with van der Waals surface area (Å²) >= 11 is 0. The number of nitrogens with zero attached hydrogens (tertiary/aromatic N) is 1. The molecule has 4 N–H and O–H groups in total. The second kappa shape index (κ2) is 8.73. The molecule has 0 saturated carbocycles. The van der Waals surface area contributed by atoms with Crippen molar-refractivity contribution in [1.29, 1.82) is 0 Å². The van der Waals surface area contributed by atoms with Crippen LogP contribution in [0.4, 0.5) is 4.79 Å². The summed E-state index contributed by atoms with van der Waals surface area (Å²) in [4.78, 5) is 49.5. The third kappa shape index (κ3) is 5.97. The Labute approximate surface area is 163 Å². The number of benzene rings is 1. The Kier molecular flexibility index (Phi) is 6.61. The monoisotopic (exact) mass is 390 g/mol. The van der Waals surface area contributed by atoms with Crippen LogP contribution in [0.5, 0.6) is 0 Å². The van der Waals surface area contributed by atoms with Crippen molar-refractivity contribution in [3.8, 4) is 0 Å². The van der Waals surface area contributed by atoms with Crippen LogP contribution in [-0.4, -0.2) is 59.5 Å². The maximum absolute atomic E-state index is 12.5. The number of hydrogen-bond donors (Lipinski definition) is 3. The van der Waals surface area contributed by atoms with Gasteiger partial charge in [-0.2, -0.15) is 0 Å². The fourth-order valence-electron chi connectivity index (χ4n) is 2.91. The average molecular weight is 390 g/mol. The van der Waals surface area contributed by atoms with Gasteiger partial charge in [-0.1, -0.05) is 18.2 Å². The van der Waals surface area contributed by atoms with E-state index in [-0.39, 0.29) is 25.4 Å². The lowest BCUT2D eigenvalue weighted by Gasteiger charge is -2.23. The zero-order chi connectivity index (χ0) is 20.9. The molecule has 0 bridgehead atoms. The molecule has 0 radical (unpaired) electrons. The zero-order valence-corrected chi connectivity index (χ0v) is 16.2. The van der Waals surface area contributed by atoms with Crippen molar-refractivity contribution < 1.29 is 23.9 Å². The SMILES string of the molecule is CC(C)(C)OC(=O)NCC(=O)N1C[C@H](NC(=O)c2ccccc2)CC1C(N)=O. The van der Waals surface area contributed by atoms with Crippen molar-refractivity contribution in [3.05, 3.63) is 35.9 Å². The van der Waals surface area contributed by atoms with Gasteiger partial charge in [0.2, 0.25) is 11.8 Å². The molecule has 9 nitrogen and oxygen atoms in total. The van der Waals surface area contributed by atoms with Gasteiger partial charge in [0.1, 0.15) is 18.2 Å². The molecule has 1 fully saturated rings. The predicted octanol–water partition coefficient (Wildman–Crippen LogP) is 0.396. The number of carbonyl (C=O) groups is 4. The molecule has 1 aliphatic rings. The van der Waals surface area contributed by atoms with Gasteiger partial charge in [-0.25, -0.2) is 4.79 Å². The Morgan fingerprint density at radius 3 is 2.39 bits per heavy atom. The Morgan fingerprint density at radius 2 is 1.82 bits per heavy atom. The normalized spacial score (nSPS) is 19.0. The molecule has 0 spiro atoms. The van der Waals surface area contributed by atoms with Crippen LogP contribution < -0.4 is 16.4 Å². The number of nitrogens with two attached hydrogens (primary N) is 1. The van der Waals surface area contributed by atoms with Crippen molar-refractivity contribution in [1.82, 2.24) is 15.5 Å². The first-order valence-electron chi connectivity index (χ1n) is 8.98. The maximum atomic E-state index is 12.5. The van der Waals surface area contributed by atoms with Crippen LogP contribution in [0.1, 0.15) is 37.6 Å². The largest absolute Gasteiger partial charge is 0.444 e. The molecule has 152 valence electrons. The molecule has 1 saturated heterocycles. The van der Waals surface area contributed by atoms with E-state index < -0.39 is 35.6 Å². The van der Waals surface area contributed by atoms with E-state index >= 15 is 0 Å². The summed E-state index contributed by atoms with van der Waals surface area (Å²) in [6, 6.07) is 7.35. The standard InChI is InChI=1S/C19H26N4O5/c1-19(2,3)28-18(27)21-10-15(24)23-11-13(9-14(23)16(20)25)22-17(26)12-7-5-4-6-8-12/h4-8,13-14H,9-11H2,1-3H3,(H2,20,25)(H,21,27)(H,22,26)/t13-,14?/m1/s1. The molecule has 1 unspecified atom stereocenters. The van der Waals surface area contributed by atoms with E-state index in [1.165, 1.54) is 4.90 Å². The number of nitrogens with one attached hydrogen (secondary N) is 2. The Bertz CT molecular complexity index is 744. The fraction of sp³-hybridized carbons (Fsp3) is 0.474. The van der Waals surface area contributed by atoms with Crippen molar-refractivity contribution in [2.24, 2.45) is 5.73 Å². The molecular formula is C19H26N4O5. The summed E-state index contributed by atoms with van der Waals surface area (Å²) in [5.74, 6) is -1.44. The van der Waals surface area contributed by atoms with Crippen LogP contribution in [0.15, 0.2) is 30.3 Å². The molecular weight excluding hydrogens is 364 g/mol. The zero-order valence-electron chi connectivity index (χ0n) is 16.2. The molecule has 1 aromatic rings. The minimum absolute atomic E-state index is 0.126. The predicted molar refractivity (Wildman–Crippen MR) is 101 cm³/mol. The van der Waals surface area contributed by atoms with Crippen LogP contribution in [0.25, 0.3) is 0 Å². The molecule has 2 rings (SSSR count). The summed E-state index contributed by atoms with van der Waals surface area (Å²) in [5, 5.41) is 5.17. The van der Waals surface area contributed by atoms with Gasteiger partial charge in [0.05, 0.1) is 0 Å². The number of likely N-dealkylation sites (tertiary alicyclic amines) is 1.